The van der Waals surface area contributed by atoms with Crippen molar-refractivity contribution in [1.29, 1.82) is 0 Å². The number of nitrogens with zero attached hydrogens (tertiary/aromatic N) is 2. The summed E-state index contributed by atoms with van der Waals surface area (Å²) in [4.78, 5) is 3.62. The van der Waals surface area contributed by atoms with E-state index in [1.54, 1.807) is 0 Å². The van der Waals surface area contributed by atoms with Crippen molar-refractivity contribution < 1.29 is 22.1 Å². The molecule has 0 saturated carbocycles. The maximum atomic E-state index is 13.7. The van der Waals surface area contributed by atoms with Crippen LogP contribution in [0.3, 0.4) is 0 Å². The van der Waals surface area contributed by atoms with Gasteiger partial charge in [-0.3, -0.25) is 0 Å². The lowest BCUT2D eigenvalue weighted by atomic mass is 10.2. The second-order valence-corrected chi connectivity index (χ2v) is 7.26. The van der Waals surface area contributed by atoms with E-state index in [1.165, 1.54) is 32.1 Å². The first-order valence-electron chi connectivity index (χ1n) is 8.06. The number of ether oxygens (including phenoxy) is 1. The highest BCUT2D eigenvalue weighted by Gasteiger charge is 2.16. The van der Waals surface area contributed by atoms with E-state index in [2.05, 4.69) is 37.8 Å². The van der Waals surface area contributed by atoms with E-state index < -0.39 is 15.7 Å². The maximum Gasteiger partial charge on any atom is 0.252 e. The van der Waals surface area contributed by atoms with Crippen LogP contribution in [0.5, 0.6) is 0 Å². The summed E-state index contributed by atoms with van der Waals surface area (Å²) in [6, 6.07) is 3.64. The second-order valence-electron chi connectivity index (χ2n) is 5.28. The summed E-state index contributed by atoms with van der Waals surface area (Å²) in [6.07, 6.45) is 3.44. The van der Waals surface area contributed by atoms with Gasteiger partial charge in [-0.1, -0.05) is 45.7 Å². The Labute approximate surface area is 149 Å². The summed E-state index contributed by atoms with van der Waals surface area (Å²) in [6.45, 7) is 8.65. The Bertz CT molecular complexity index is 728. The fourth-order valence-corrected chi connectivity index (χ4v) is 2.22. The second kappa shape index (κ2) is 11.7. The molecule has 1 aromatic carbocycles. The summed E-state index contributed by atoms with van der Waals surface area (Å²) in [5.41, 5.74) is 0.330. The molecule has 0 radical (unpaired) electrons. The molecule has 0 atom stereocenters. The summed E-state index contributed by atoms with van der Waals surface area (Å²) in [7, 11) is -2.12. The average Bonchev–Trinajstić information content (AvgIpc) is 2.96. The molecule has 142 valence electrons. The van der Waals surface area contributed by atoms with Crippen LogP contribution in [0.4, 0.5) is 4.39 Å². The minimum absolute atomic E-state index is 0.150. The van der Waals surface area contributed by atoms with Gasteiger partial charge in [0, 0.05) is 18.9 Å². The van der Waals surface area contributed by atoms with Crippen LogP contribution in [0.15, 0.2) is 27.6 Å². The van der Waals surface area contributed by atoms with E-state index in [1.807, 2.05) is 0 Å². The Morgan fingerprint density at radius 2 is 1.72 bits per heavy atom. The quantitative estimate of drug-likeness (QED) is 0.795. The highest BCUT2D eigenvalue weighted by atomic mass is 32.2. The third kappa shape index (κ3) is 8.22. The molecule has 0 amide bonds. The van der Waals surface area contributed by atoms with Crippen molar-refractivity contribution in [3.05, 3.63) is 29.9 Å². The Balaban J connectivity index is 0.000000844. The van der Waals surface area contributed by atoms with Gasteiger partial charge in [0.2, 0.25) is 5.82 Å². The molecule has 0 unspecified atom stereocenters. The van der Waals surface area contributed by atoms with Crippen LogP contribution in [0.25, 0.3) is 11.4 Å². The third-order valence-electron chi connectivity index (χ3n) is 2.33. The zero-order chi connectivity index (χ0) is 19.5. The molecule has 25 heavy (non-hydrogen) atoms. The van der Waals surface area contributed by atoms with Crippen LogP contribution in [-0.2, 0) is 21.2 Å². The van der Waals surface area contributed by atoms with Crippen molar-refractivity contribution in [2.24, 2.45) is 0 Å². The highest BCUT2D eigenvalue weighted by molar-refractivity contribution is 7.90. The average molecular weight is 374 g/mol. The SMILES string of the molecule is CCC.CCC.COCc1nc(-c2ccc(S(C)(=O)=O)c(F)c2)no1. The smallest absolute Gasteiger partial charge is 0.252 e. The molecule has 2 rings (SSSR count). The summed E-state index contributed by atoms with van der Waals surface area (Å²) < 4.78 is 46.0. The van der Waals surface area contributed by atoms with Crippen LogP contribution >= 0.6 is 0 Å². The van der Waals surface area contributed by atoms with Gasteiger partial charge >= 0.3 is 0 Å². The van der Waals surface area contributed by atoms with Crippen LogP contribution in [0.2, 0.25) is 0 Å². The third-order valence-corrected chi connectivity index (χ3v) is 3.46. The minimum atomic E-state index is -3.60. The Morgan fingerprint density at radius 1 is 1.16 bits per heavy atom. The maximum absolute atomic E-state index is 13.7. The molecule has 0 N–H and O–H groups in total. The first kappa shape index (κ1) is 23.2. The van der Waals surface area contributed by atoms with Gasteiger partial charge in [-0.2, -0.15) is 4.98 Å². The van der Waals surface area contributed by atoms with Crippen LogP contribution in [0, 0.1) is 5.82 Å². The molecule has 0 saturated heterocycles. The number of benzene rings is 1. The van der Waals surface area contributed by atoms with Crippen LogP contribution < -0.4 is 0 Å². The highest BCUT2D eigenvalue weighted by Crippen LogP contribution is 2.22. The fourth-order valence-electron chi connectivity index (χ4n) is 1.49. The van der Waals surface area contributed by atoms with E-state index in [-0.39, 0.29) is 23.2 Å². The number of methoxy groups -OCH3 is 1. The number of hydrogen-bond donors (Lipinski definition) is 0. The van der Waals surface area contributed by atoms with Gasteiger partial charge in [-0.05, 0) is 18.2 Å². The molecule has 0 aliphatic carbocycles. The van der Waals surface area contributed by atoms with Crippen molar-refractivity contribution in [2.45, 2.75) is 52.0 Å². The minimum Gasteiger partial charge on any atom is -0.375 e. The van der Waals surface area contributed by atoms with Gasteiger partial charge in [0.25, 0.3) is 5.89 Å². The normalized spacial score (nSPS) is 10.4. The number of hydrogen-bond acceptors (Lipinski definition) is 6. The Morgan fingerprint density at radius 3 is 2.16 bits per heavy atom. The van der Waals surface area contributed by atoms with E-state index in [0.29, 0.717) is 5.56 Å². The van der Waals surface area contributed by atoms with E-state index in [4.69, 9.17) is 9.26 Å². The lowest BCUT2D eigenvalue weighted by molar-refractivity contribution is 0.151. The van der Waals surface area contributed by atoms with Gasteiger partial charge in [0.15, 0.2) is 9.84 Å². The van der Waals surface area contributed by atoms with E-state index in [9.17, 15) is 12.8 Å². The van der Waals surface area contributed by atoms with Crippen molar-refractivity contribution >= 4 is 9.84 Å². The van der Waals surface area contributed by atoms with Crippen molar-refractivity contribution in [2.75, 3.05) is 13.4 Å². The molecule has 0 spiro atoms. The van der Waals surface area contributed by atoms with E-state index >= 15 is 0 Å². The van der Waals surface area contributed by atoms with Gasteiger partial charge in [-0.25, -0.2) is 12.8 Å². The van der Waals surface area contributed by atoms with E-state index in [0.717, 1.165) is 12.3 Å². The van der Waals surface area contributed by atoms with Crippen molar-refractivity contribution in [1.82, 2.24) is 10.1 Å². The predicted octanol–water partition coefficient (Wildman–Crippen LogP) is 4.26. The van der Waals surface area contributed by atoms with Crippen molar-refractivity contribution in [3.63, 3.8) is 0 Å². The molecule has 0 bridgehead atoms. The number of sulfone groups is 1. The van der Waals surface area contributed by atoms with Gasteiger partial charge in [-0.15, -0.1) is 0 Å². The summed E-state index contributed by atoms with van der Waals surface area (Å²) in [5.74, 6) is -0.422. The molecule has 6 nitrogen and oxygen atoms in total. The number of aromatic nitrogens is 2. The largest absolute Gasteiger partial charge is 0.375 e. The zero-order valence-corrected chi connectivity index (χ0v) is 16.5. The monoisotopic (exact) mass is 374 g/mol. The zero-order valence-electron chi connectivity index (χ0n) is 15.7. The van der Waals surface area contributed by atoms with Gasteiger partial charge < -0.3 is 9.26 Å². The summed E-state index contributed by atoms with van der Waals surface area (Å²) >= 11 is 0. The fraction of sp³-hybridized carbons (Fsp3) is 0.529. The van der Waals surface area contributed by atoms with Crippen LogP contribution in [-0.4, -0.2) is 31.9 Å². The van der Waals surface area contributed by atoms with Gasteiger partial charge in [0.1, 0.15) is 17.3 Å². The van der Waals surface area contributed by atoms with Crippen LogP contribution in [0.1, 0.15) is 46.4 Å². The number of halogens is 1. The Kier molecular flexibility index (Phi) is 10.9. The van der Waals surface area contributed by atoms with Gasteiger partial charge in [0.05, 0.1) is 0 Å². The molecule has 0 aliphatic rings. The molecule has 1 aromatic heterocycles. The first-order chi connectivity index (χ1) is 11.7. The predicted molar refractivity (Wildman–Crippen MR) is 95.4 cm³/mol. The topological polar surface area (TPSA) is 82.3 Å². The first-order valence-corrected chi connectivity index (χ1v) is 9.95. The molecular formula is C17H27FN2O4S. The lowest BCUT2D eigenvalue weighted by Crippen LogP contribution is -2.00. The summed E-state index contributed by atoms with van der Waals surface area (Å²) in [5, 5.41) is 3.66. The Hall–Kier alpha value is -1.80. The molecule has 0 aliphatic heterocycles. The van der Waals surface area contributed by atoms with Crippen molar-refractivity contribution in [3.8, 4) is 11.4 Å². The number of rotatable bonds is 4. The standard InChI is InChI=1S/C11H11FN2O4S.2C3H8/c1-17-6-10-13-11(14-18-10)7-3-4-9(8(12)5-7)19(2,15)16;2*1-3-2/h3-5H,6H2,1-2H3;2*3H2,1-2H3. The molecular weight excluding hydrogens is 347 g/mol. The lowest BCUT2D eigenvalue weighted by Gasteiger charge is -2.01. The molecule has 2 aromatic rings. The molecule has 1 heterocycles. The molecule has 8 heteroatoms. The molecule has 0 fully saturated rings.